The van der Waals surface area contributed by atoms with Gasteiger partial charge in [-0.25, -0.2) is 22.6 Å². The first-order chi connectivity index (χ1) is 10.6. The summed E-state index contributed by atoms with van der Waals surface area (Å²) in [6.07, 6.45) is 1.38. The molecule has 1 rings (SSSR count). The predicted octanol–water partition coefficient (Wildman–Crippen LogP) is -1.53. The van der Waals surface area contributed by atoms with Crippen molar-refractivity contribution >= 4 is 31.7 Å². The number of carbonyl (C=O) groups is 2. The van der Waals surface area contributed by atoms with Gasteiger partial charge in [0.1, 0.15) is 13.2 Å². The monoisotopic (exact) mass is 369 g/mol. The van der Waals surface area contributed by atoms with E-state index in [1.54, 1.807) is 4.98 Å². The molecule has 0 spiro atoms. The third-order valence-corrected chi connectivity index (χ3v) is 4.69. The first kappa shape index (κ1) is 18.9. The lowest BCUT2D eigenvalue weighted by atomic mass is 10.6. The number of rotatable bonds is 6. The summed E-state index contributed by atoms with van der Waals surface area (Å²) in [4.78, 5) is 46.5. The second-order valence-corrected chi connectivity index (χ2v) is 8.59. The van der Waals surface area contributed by atoms with Gasteiger partial charge in [-0.3, -0.25) is 14.6 Å². The van der Waals surface area contributed by atoms with Crippen LogP contribution < -0.4 is 16.6 Å². The van der Waals surface area contributed by atoms with E-state index in [1.807, 2.05) is 5.32 Å². The normalized spacial score (nSPS) is 11.0. The Labute approximate surface area is 132 Å². The summed E-state index contributed by atoms with van der Waals surface area (Å²) < 4.78 is 39.5. The lowest BCUT2D eigenvalue weighted by Gasteiger charge is -2.07. The van der Waals surface area contributed by atoms with Gasteiger partial charge in [-0.2, -0.15) is 4.39 Å². The standard InChI is InChI=1S/C10H12FN3O7S2/c1-23(19,20)22-3-2-21-7(15)4-12-9(17)14-5-6(11)8(16)13-10(14)18/h5H,2-4H2,1H3,(H,12,17)(H,13,16,18). The van der Waals surface area contributed by atoms with Crippen molar-refractivity contribution in [2.24, 2.45) is 0 Å². The zero-order valence-electron chi connectivity index (χ0n) is 11.7. The van der Waals surface area contributed by atoms with E-state index in [2.05, 4.69) is 4.74 Å². The number of hydrogen-bond donors (Lipinski definition) is 2. The third kappa shape index (κ3) is 6.65. The van der Waals surface area contributed by atoms with Gasteiger partial charge in [0.2, 0.25) is 5.82 Å². The number of nitrogens with zero attached hydrogens (tertiary/aromatic N) is 1. The van der Waals surface area contributed by atoms with Crippen molar-refractivity contribution in [2.75, 3.05) is 25.2 Å². The van der Waals surface area contributed by atoms with Crippen molar-refractivity contribution in [3.05, 3.63) is 32.9 Å². The first-order valence-corrected chi connectivity index (χ1v) is 9.29. The fourth-order valence-corrected chi connectivity index (χ4v) is 2.79. The fourth-order valence-electron chi connectivity index (χ4n) is 1.22. The molecule has 0 saturated heterocycles. The molecular weight excluding hydrogens is 357 g/mol. The largest absolute Gasteiger partial charge is 0.463 e. The van der Waals surface area contributed by atoms with E-state index in [1.165, 1.54) is 0 Å². The first-order valence-electron chi connectivity index (χ1n) is 5.90. The third-order valence-electron chi connectivity index (χ3n) is 2.15. The van der Waals surface area contributed by atoms with Crippen molar-refractivity contribution in [1.29, 1.82) is 0 Å². The number of nitrogens with one attached hydrogen (secondary N) is 2. The van der Waals surface area contributed by atoms with Gasteiger partial charge in [0, 0.05) is 12.0 Å². The molecule has 0 aliphatic rings. The van der Waals surface area contributed by atoms with Crippen LogP contribution in [0.1, 0.15) is 0 Å². The van der Waals surface area contributed by atoms with Gasteiger partial charge < -0.3 is 10.1 Å². The number of ether oxygens (including phenoxy) is 1. The number of amides is 1. The smallest absolute Gasteiger partial charge is 0.336 e. The number of aromatic amines is 1. The SMILES string of the molecule is CS(=O)(=O)SCCOC(=O)CNC(=O)n1cc(F)c(=O)[nH]c1=O. The number of esters is 1. The Bertz CT molecular complexity index is 814. The summed E-state index contributed by atoms with van der Waals surface area (Å²) in [7, 11) is -2.65. The molecule has 0 saturated carbocycles. The van der Waals surface area contributed by atoms with E-state index in [0.29, 0.717) is 17.0 Å². The molecule has 2 N–H and O–H groups in total. The average molecular weight is 369 g/mol. The Kier molecular flexibility index (Phi) is 6.50. The van der Waals surface area contributed by atoms with Gasteiger partial charge in [0.15, 0.2) is 8.87 Å². The van der Waals surface area contributed by atoms with Crippen molar-refractivity contribution < 1.29 is 27.1 Å². The highest BCUT2D eigenvalue weighted by molar-refractivity contribution is 8.71. The highest BCUT2D eigenvalue weighted by Gasteiger charge is 2.13. The summed E-state index contributed by atoms with van der Waals surface area (Å²) in [6.45, 7) is -0.824. The minimum atomic E-state index is -3.24. The average Bonchev–Trinajstić information content (AvgIpc) is 2.44. The van der Waals surface area contributed by atoms with Crippen molar-refractivity contribution in [3.8, 4) is 0 Å². The Hall–Kier alpha value is -2.15. The van der Waals surface area contributed by atoms with Gasteiger partial charge in [-0.05, 0) is 10.8 Å². The molecule has 0 bridgehead atoms. The molecule has 13 heteroatoms. The molecule has 0 aliphatic heterocycles. The van der Waals surface area contributed by atoms with Crippen LogP contribution in [0.25, 0.3) is 0 Å². The number of carbonyl (C=O) groups excluding carboxylic acids is 2. The Morgan fingerprint density at radius 2 is 2.09 bits per heavy atom. The van der Waals surface area contributed by atoms with Gasteiger partial charge in [0.25, 0.3) is 5.56 Å². The van der Waals surface area contributed by atoms with Crippen LogP contribution in [0.4, 0.5) is 9.18 Å². The van der Waals surface area contributed by atoms with Gasteiger partial charge in [-0.15, -0.1) is 0 Å². The molecule has 1 amide bonds. The van der Waals surface area contributed by atoms with Crippen LogP contribution in [0.5, 0.6) is 0 Å². The fraction of sp³-hybridized carbons (Fsp3) is 0.400. The van der Waals surface area contributed by atoms with Crippen LogP contribution in [-0.2, 0) is 18.4 Å². The van der Waals surface area contributed by atoms with Crippen LogP contribution in [0.3, 0.4) is 0 Å². The van der Waals surface area contributed by atoms with Crippen molar-refractivity contribution in [1.82, 2.24) is 14.9 Å². The molecular formula is C10H12FN3O7S2. The van der Waals surface area contributed by atoms with E-state index in [4.69, 9.17) is 0 Å². The molecule has 0 fully saturated rings. The maximum Gasteiger partial charge on any atom is 0.336 e. The van der Waals surface area contributed by atoms with Gasteiger partial charge in [0.05, 0.1) is 6.20 Å². The summed E-state index contributed by atoms with van der Waals surface area (Å²) in [6, 6.07) is -1.15. The topological polar surface area (TPSA) is 144 Å². The second-order valence-electron chi connectivity index (χ2n) is 4.01. The highest BCUT2D eigenvalue weighted by Crippen LogP contribution is 2.08. The van der Waals surface area contributed by atoms with Crippen LogP contribution in [0.2, 0.25) is 0 Å². The molecule has 0 radical (unpaired) electrons. The maximum atomic E-state index is 13.0. The quantitative estimate of drug-likeness (QED) is 0.349. The summed E-state index contributed by atoms with van der Waals surface area (Å²) >= 11 is 0. The van der Waals surface area contributed by atoms with Gasteiger partial charge in [-0.1, -0.05) is 0 Å². The molecule has 0 aromatic carbocycles. The Balaban J connectivity index is 2.47. The van der Waals surface area contributed by atoms with Crippen LogP contribution >= 0.6 is 10.8 Å². The molecule has 10 nitrogen and oxygen atoms in total. The molecule has 0 aliphatic carbocycles. The van der Waals surface area contributed by atoms with E-state index in [-0.39, 0.29) is 16.9 Å². The summed E-state index contributed by atoms with van der Waals surface area (Å²) in [5.41, 5.74) is -2.45. The van der Waals surface area contributed by atoms with E-state index < -0.39 is 44.5 Å². The zero-order chi connectivity index (χ0) is 17.6. The number of hydrogen-bond acceptors (Lipinski definition) is 8. The molecule has 0 unspecified atom stereocenters. The molecule has 0 atom stereocenters. The van der Waals surface area contributed by atoms with Crippen molar-refractivity contribution in [2.45, 2.75) is 0 Å². The lowest BCUT2D eigenvalue weighted by Crippen LogP contribution is -2.42. The van der Waals surface area contributed by atoms with Crippen molar-refractivity contribution in [3.63, 3.8) is 0 Å². The van der Waals surface area contributed by atoms with E-state index >= 15 is 0 Å². The molecule has 23 heavy (non-hydrogen) atoms. The van der Waals surface area contributed by atoms with Crippen LogP contribution in [-0.4, -0.2) is 55.1 Å². The second kappa shape index (κ2) is 7.92. The zero-order valence-corrected chi connectivity index (χ0v) is 13.3. The van der Waals surface area contributed by atoms with E-state index in [9.17, 15) is 32.0 Å². The predicted molar refractivity (Wildman–Crippen MR) is 78.3 cm³/mol. The van der Waals surface area contributed by atoms with Gasteiger partial charge >= 0.3 is 17.7 Å². The Morgan fingerprint density at radius 1 is 1.43 bits per heavy atom. The molecule has 1 aromatic heterocycles. The van der Waals surface area contributed by atoms with Crippen LogP contribution in [0, 0.1) is 5.82 Å². The number of halogens is 1. The molecule has 1 aromatic rings. The molecule has 128 valence electrons. The minimum absolute atomic E-state index is 0.0170. The lowest BCUT2D eigenvalue weighted by molar-refractivity contribution is -0.141. The van der Waals surface area contributed by atoms with Crippen LogP contribution in [0.15, 0.2) is 15.8 Å². The van der Waals surface area contributed by atoms with E-state index in [0.717, 1.165) is 6.26 Å². The molecule has 1 heterocycles. The summed E-state index contributed by atoms with van der Waals surface area (Å²) in [5, 5.41) is 1.98. The highest BCUT2D eigenvalue weighted by atomic mass is 33.1. The number of H-pyrrole nitrogens is 1. The Morgan fingerprint density at radius 3 is 2.70 bits per heavy atom. The minimum Gasteiger partial charge on any atom is -0.463 e. The maximum absolute atomic E-state index is 13.0. The summed E-state index contributed by atoms with van der Waals surface area (Å²) in [5.74, 6) is -2.21. The number of aromatic nitrogens is 2.